The first-order valence-corrected chi connectivity index (χ1v) is 7.37. The van der Waals surface area contributed by atoms with Crippen molar-refractivity contribution in [3.63, 3.8) is 0 Å². The minimum atomic E-state index is -0.00752. The van der Waals surface area contributed by atoms with Crippen molar-refractivity contribution in [2.24, 2.45) is 5.73 Å². The van der Waals surface area contributed by atoms with E-state index in [1.54, 1.807) is 11.9 Å². The molecule has 2 rings (SSSR count). The molecule has 0 saturated carbocycles. The maximum absolute atomic E-state index is 12.2. The van der Waals surface area contributed by atoms with Crippen molar-refractivity contribution in [1.82, 2.24) is 4.90 Å². The zero-order chi connectivity index (χ0) is 15.8. The monoisotopic (exact) mass is 334 g/mol. The molecule has 0 radical (unpaired) electrons. The van der Waals surface area contributed by atoms with E-state index in [9.17, 15) is 4.79 Å². The summed E-state index contributed by atoms with van der Waals surface area (Å²) in [4.78, 5) is 13.9. The minimum Gasteiger partial charge on any atom is -0.375 e. The van der Waals surface area contributed by atoms with E-state index >= 15 is 0 Å². The number of likely N-dealkylation sites (N-methyl/N-ethyl adjacent to an activating group) is 1. The van der Waals surface area contributed by atoms with Crippen molar-refractivity contribution in [2.45, 2.75) is 13.2 Å². The van der Waals surface area contributed by atoms with Gasteiger partial charge in [0.05, 0.1) is 13.2 Å². The largest absolute Gasteiger partial charge is 0.375 e. The Morgan fingerprint density at radius 3 is 2.30 bits per heavy atom. The van der Waals surface area contributed by atoms with Crippen LogP contribution in [-0.4, -0.2) is 31.0 Å². The highest BCUT2D eigenvalue weighted by atomic mass is 35.5. The Kier molecular flexibility index (Phi) is 8.33. The Bertz CT molecular complexity index is 588. The summed E-state index contributed by atoms with van der Waals surface area (Å²) >= 11 is 0. The molecule has 0 unspecified atom stereocenters. The van der Waals surface area contributed by atoms with Crippen molar-refractivity contribution in [2.75, 3.05) is 20.2 Å². The molecule has 0 aliphatic heterocycles. The van der Waals surface area contributed by atoms with Gasteiger partial charge in [0.25, 0.3) is 5.91 Å². The van der Waals surface area contributed by atoms with Crippen LogP contribution in [0.5, 0.6) is 0 Å². The number of rotatable bonds is 7. The van der Waals surface area contributed by atoms with E-state index in [2.05, 4.69) is 0 Å². The molecule has 124 valence electrons. The second-order valence-electron chi connectivity index (χ2n) is 5.17. The van der Waals surface area contributed by atoms with Crippen LogP contribution >= 0.6 is 12.4 Å². The molecule has 0 spiro atoms. The summed E-state index contributed by atoms with van der Waals surface area (Å²) in [5.41, 5.74) is 8.37. The zero-order valence-corrected chi connectivity index (χ0v) is 14.1. The summed E-state index contributed by atoms with van der Waals surface area (Å²) < 4.78 is 5.60. The predicted octanol–water partition coefficient (Wildman–Crippen LogP) is 2.86. The summed E-state index contributed by atoms with van der Waals surface area (Å²) in [5.74, 6) is -0.00752. The Morgan fingerprint density at radius 1 is 1.04 bits per heavy atom. The van der Waals surface area contributed by atoms with Crippen LogP contribution in [0.2, 0.25) is 0 Å². The fourth-order valence-corrected chi connectivity index (χ4v) is 2.07. The van der Waals surface area contributed by atoms with Crippen LogP contribution < -0.4 is 5.73 Å². The van der Waals surface area contributed by atoms with E-state index in [1.807, 2.05) is 54.6 Å². The van der Waals surface area contributed by atoms with Crippen LogP contribution in [0, 0.1) is 0 Å². The number of halogens is 1. The molecule has 0 aliphatic carbocycles. The average Bonchev–Trinajstić information content (AvgIpc) is 2.59. The number of carbonyl (C=O) groups excluding carboxylic acids is 1. The molecule has 1 amide bonds. The molecule has 4 nitrogen and oxygen atoms in total. The quantitative estimate of drug-likeness (QED) is 0.792. The van der Waals surface area contributed by atoms with Gasteiger partial charge in [0, 0.05) is 25.7 Å². The summed E-state index contributed by atoms with van der Waals surface area (Å²) in [6, 6.07) is 17.4. The number of carbonyl (C=O) groups is 1. The van der Waals surface area contributed by atoms with Gasteiger partial charge in [0.1, 0.15) is 0 Å². The van der Waals surface area contributed by atoms with Gasteiger partial charge < -0.3 is 15.4 Å². The molecular weight excluding hydrogens is 312 g/mol. The fraction of sp³-hybridized carbons (Fsp3) is 0.278. The first kappa shape index (κ1) is 19.2. The lowest BCUT2D eigenvalue weighted by atomic mass is 10.1. The van der Waals surface area contributed by atoms with Crippen molar-refractivity contribution in [1.29, 1.82) is 0 Å². The highest BCUT2D eigenvalue weighted by Gasteiger charge is 2.11. The zero-order valence-electron chi connectivity index (χ0n) is 13.3. The summed E-state index contributed by atoms with van der Waals surface area (Å²) in [5, 5.41) is 0. The summed E-state index contributed by atoms with van der Waals surface area (Å²) in [7, 11) is 1.78. The number of hydrogen-bond donors (Lipinski definition) is 1. The fourth-order valence-electron chi connectivity index (χ4n) is 2.07. The van der Waals surface area contributed by atoms with Crippen molar-refractivity contribution < 1.29 is 9.53 Å². The van der Waals surface area contributed by atoms with Crippen molar-refractivity contribution in [3.05, 3.63) is 71.3 Å². The molecule has 0 bridgehead atoms. The Balaban J connectivity index is 0.00000264. The second-order valence-corrected chi connectivity index (χ2v) is 5.17. The van der Waals surface area contributed by atoms with Gasteiger partial charge in [-0.05, 0) is 23.3 Å². The Morgan fingerprint density at radius 2 is 1.70 bits per heavy atom. The highest BCUT2D eigenvalue weighted by molar-refractivity contribution is 5.94. The number of hydrogen-bond acceptors (Lipinski definition) is 3. The summed E-state index contributed by atoms with van der Waals surface area (Å²) in [6.07, 6.45) is 0. The number of amides is 1. The van der Waals surface area contributed by atoms with E-state index in [0.717, 1.165) is 11.1 Å². The predicted molar refractivity (Wildman–Crippen MR) is 94.6 cm³/mol. The normalized spacial score (nSPS) is 10.0. The van der Waals surface area contributed by atoms with Crippen LogP contribution in [-0.2, 0) is 17.9 Å². The van der Waals surface area contributed by atoms with E-state index in [1.165, 1.54) is 0 Å². The molecule has 23 heavy (non-hydrogen) atoms. The van der Waals surface area contributed by atoms with Gasteiger partial charge in [0.15, 0.2) is 0 Å². The topological polar surface area (TPSA) is 55.6 Å². The summed E-state index contributed by atoms with van der Waals surface area (Å²) in [6.45, 7) is 2.12. The maximum Gasteiger partial charge on any atom is 0.253 e. The molecule has 0 aromatic heterocycles. The molecule has 0 saturated heterocycles. The molecule has 2 aromatic carbocycles. The number of benzene rings is 2. The van der Waals surface area contributed by atoms with E-state index in [0.29, 0.717) is 31.9 Å². The van der Waals surface area contributed by atoms with E-state index in [4.69, 9.17) is 10.5 Å². The van der Waals surface area contributed by atoms with Crippen LogP contribution in [0.25, 0.3) is 0 Å². The van der Waals surface area contributed by atoms with E-state index < -0.39 is 0 Å². The van der Waals surface area contributed by atoms with Crippen LogP contribution in [0.1, 0.15) is 21.5 Å². The standard InChI is InChI=1S/C18H22N2O2.ClH/c1-20(11-12-22-14-16-5-3-2-4-6-16)18(21)17-9-7-15(13-19)8-10-17;/h2-10H,11-14,19H2,1H3;1H. The van der Waals surface area contributed by atoms with Gasteiger partial charge >= 0.3 is 0 Å². The third-order valence-electron chi connectivity index (χ3n) is 3.47. The number of nitrogens with two attached hydrogens (primary N) is 1. The van der Waals surface area contributed by atoms with Gasteiger partial charge in [-0.25, -0.2) is 0 Å². The van der Waals surface area contributed by atoms with Gasteiger partial charge in [0.2, 0.25) is 0 Å². The SMILES string of the molecule is CN(CCOCc1ccccc1)C(=O)c1ccc(CN)cc1.Cl. The average molecular weight is 335 g/mol. The van der Waals surface area contributed by atoms with Crippen LogP contribution in [0.3, 0.4) is 0 Å². The Labute approximate surface area is 143 Å². The first-order chi connectivity index (χ1) is 10.7. The van der Waals surface area contributed by atoms with E-state index in [-0.39, 0.29) is 18.3 Å². The molecule has 0 atom stereocenters. The van der Waals surface area contributed by atoms with Gasteiger partial charge in [-0.3, -0.25) is 4.79 Å². The maximum atomic E-state index is 12.2. The molecule has 5 heteroatoms. The number of ether oxygens (including phenoxy) is 1. The Hall–Kier alpha value is -1.88. The molecule has 2 N–H and O–H groups in total. The third kappa shape index (κ3) is 6.02. The highest BCUT2D eigenvalue weighted by Crippen LogP contribution is 2.07. The second kappa shape index (κ2) is 10.0. The molecule has 0 heterocycles. The van der Waals surface area contributed by atoms with Gasteiger partial charge in [-0.15, -0.1) is 12.4 Å². The molecule has 0 aliphatic rings. The van der Waals surface area contributed by atoms with Crippen LogP contribution in [0.15, 0.2) is 54.6 Å². The molecule has 2 aromatic rings. The number of nitrogens with zero attached hydrogens (tertiary/aromatic N) is 1. The van der Waals surface area contributed by atoms with Crippen molar-refractivity contribution >= 4 is 18.3 Å². The van der Waals surface area contributed by atoms with Gasteiger partial charge in [-0.1, -0.05) is 42.5 Å². The minimum absolute atomic E-state index is 0. The lowest BCUT2D eigenvalue weighted by Crippen LogP contribution is -2.30. The van der Waals surface area contributed by atoms with Crippen LogP contribution in [0.4, 0.5) is 0 Å². The third-order valence-corrected chi connectivity index (χ3v) is 3.47. The first-order valence-electron chi connectivity index (χ1n) is 7.37. The van der Waals surface area contributed by atoms with Gasteiger partial charge in [-0.2, -0.15) is 0 Å². The molecular formula is C18H23ClN2O2. The smallest absolute Gasteiger partial charge is 0.253 e. The molecule has 0 fully saturated rings. The lowest BCUT2D eigenvalue weighted by Gasteiger charge is -2.17. The van der Waals surface area contributed by atoms with Crippen molar-refractivity contribution in [3.8, 4) is 0 Å². The lowest BCUT2D eigenvalue weighted by molar-refractivity contribution is 0.0670.